The molecule has 0 spiro atoms. The minimum absolute atomic E-state index is 0.361. The van der Waals surface area contributed by atoms with E-state index in [1.54, 1.807) is 12.4 Å². The molecule has 0 fully saturated rings. The summed E-state index contributed by atoms with van der Waals surface area (Å²) in [5, 5.41) is 7.41. The van der Waals surface area contributed by atoms with E-state index in [1.165, 1.54) is 0 Å². The topological polar surface area (TPSA) is 47.7 Å². The average Bonchev–Trinajstić information content (AvgIpc) is 2.73. The van der Waals surface area contributed by atoms with Crippen LogP contribution in [0.15, 0.2) is 24.7 Å². The van der Waals surface area contributed by atoms with Crippen LogP contribution >= 0.6 is 0 Å². The third-order valence-corrected chi connectivity index (χ3v) is 2.10. The SMILES string of the molecule is CC(C)Nc1nccn1-c1ccnn1C. The number of hydrogen-bond donors (Lipinski definition) is 1. The number of aromatic nitrogens is 4. The molecule has 15 heavy (non-hydrogen) atoms. The van der Waals surface area contributed by atoms with Crippen LogP contribution in [0.3, 0.4) is 0 Å². The number of rotatable bonds is 3. The fourth-order valence-corrected chi connectivity index (χ4v) is 1.46. The van der Waals surface area contributed by atoms with Gasteiger partial charge in [0.1, 0.15) is 5.82 Å². The predicted octanol–water partition coefficient (Wildman–Crippen LogP) is 1.43. The second-order valence-electron chi connectivity index (χ2n) is 3.73. The van der Waals surface area contributed by atoms with Gasteiger partial charge in [0.25, 0.3) is 0 Å². The number of nitrogens with zero attached hydrogens (tertiary/aromatic N) is 4. The Morgan fingerprint density at radius 1 is 1.33 bits per heavy atom. The molecule has 0 amide bonds. The predicted molar refractivity (Wildman–Crippen MR) is 59.1 cm³/mol. The van der Waals surface area contributed by atoms with Crippen molar-refractivity contribution in [2.45, 2.75) is 19.9 Å². The molecule has 1 N–H and O–H groups in total. The van der Waals surface area contributed by atoms with E-state index < -0.39 is 0 Å². The lowest BCUT2D eigenvalue weighted by Crippen LogP contribution is -2.15. The lowest BCUT2D eigenvalue weighted by Gasteiger charge is -2.11. The van der Waals surface area contributed by atoms with Gasteiger partial charge in [0, 0.05) is 31.5 Å². The molecule has 0 aliphatic carbocycles. The smallest absolute Gasteiger partial charge is 0.208 e. The molecule has 0 aromatic carbocycles. The Bertz CT molecular complexity index is 440. The highest BCUT2D eigenvalue weighted by molar-refractivity contribution is 5.37. The molecule has 0 unspecified atom stereocenters. The van der Waals surface area contributed by atoms with Gasteiger partial charge in [-0.1, -0.05) is 0 Å². The summed E-state index contributed by atoms with van der Waals surface area (Å²) in [7, 11) is 1.91. The molecule has 5 nitrogen and oxygen atoms in total. The molecule has 0 atom stereocenters. The quantitative estimate of drug-likeness (QED) is 0.824. The molecular formula is C10H15N5. The molecule has 0 radical (unpaired) electrons. The number of hydrogen-bond acceptors (Lipinski definition) is 3. The molecule has 2 aromatic heterocycles. The fourth-order valence-electron chi connectivity index (χ4n) is 1.46. The summed E-state index contributed by atoms with van der Waals surface area (Å²) in [4.78, 5) is 4.26. The van der Waals surface area contributed by atoms with Crippen molar-refractivity contribution in [2.75, 3.05) is 5.32 Å². The number of aryl methyl sites for hydroxylation is 1. The van der Waals surface area contributed by atoms with Gasteiger partial charge in [-0.2, -0.15) is 5.10 Å². The molecule has 80 valence electrons. The van der Waals surface area contributed by atoms with Gasteiger partial charge in [-0.05, 0) is 13.8 Å². The molecule has 2 heterocycles. The van der Waals surface area contributed by atoms with Crippen LogP contribution in [0, 0.1) is 0 Å². The minimum Gasteiger partial charge on any atom is -0.353 e. The lowest BCUT2D eigenvalue weighted by molar-refractivity contribution is 0.727. The van der Waals surface area contributed by atoms with E-state index in [2.05, 4.69) is 29.2 Å². The van der Waals surface area contributed by atoms with Crippen molar-refractivity contribution in [1.82, 2.24) is 19.3 Å². The van der Waals surface area contributed by atoms with Crippen molar-refractivity contribution in [3.05, 3.63) is 24.7 Å². The molecule has 0 aliphatic rings. The molecule has 2 rings (SSSR count). The van der Waals surface area contributed by atoms with Gasteiger partial charge >= 0.3 is 0 Å². The average molecular weight is 205 g/mol. The summed E-state index contributed by atoms with van der Waals surface area (Å²) in [5.41, 5.74) is 0. The first kappa shape index (κ1) is 9.76. The van der Waals surface area contributed by atoms with E-state index in [1.807, 2.05) is 28.6 Å². The second-order valence-corrected chi connectivity index (χ2v) is 3.73. The van der Waals surface area contributed by atoms with Crippen LogP contribution in [0.2, 0.25) is 0 Å². The number of anilines is 1. The van der Waals surface area contributed by atoms with Gasteiger partial charge in [0.15, 0.2) is 0 Å². The first-order valence-corrected chi connectivity index (χ1v) is 4.96. The van der Waals surface area contributed by atoms with E-state index in [9.17, 15) is 0 Å². The first-order valence-electron chi connectivity index (χ1n) is 4.96. The molecular weight excluding hydrogens is 190 g/mol. The van der Waals surface area contributed by atoms with E-state index in [0.717, 1.165) is 11.8 Å². The van der Waals surface area contributed by atoms with Crippen LogP contribution in [0.5, 0.6) is 0 Å². The summed E-state index contributed by atoms with van der Waals surface area (Å²) >= 11 is 0. The maximum atomic E-state index is 4.26. The normalized spacial score (nSPS) is 10.9. The van der Waals surface area contributed by atoms with Crippen molar-refractivity contribution in [3.63, 3.8) is 0 Å². The maximum Gasteiger partial charge on any atom is 0.208 e. The summed E-state index contributed by atoms with van der Waals surface area (Å²) in [6.07, 6.45) is 5.47. The van der Waals surface area contributed by atoms with Gasteiger partial charge in [-0.25, -0.2) is 4.98 Å². The molecule has 5 heteroatoms. The fraction of sp³-hybridized carbons (Fsp3) is 0.400. The third kappa shape index (κ3) is 1.86. The standard InChI is InChI=1S/C10H15N5/c1-8(2)13-10-11-6-7-15(10)9-4-5-12-14(9)3/h4-8H,1-3H3,(H,11,13). The van der Waals surface area contributed by atoms with Crippen molar-refractivity contribution < 1.29 is 0 Å². The van der Waals surface area contributed by atoms with E-state index in [-0.39, 0.29) is 0 Å². The number of imidazole rings is 1. The van der Waals surface area contributed by atoms with Crippen LogP contribution in [0.4, 0.5) is 5.95 Å². The van der Waals surface area contributed by atoms with Crippen molar-refractivity contribution in [3.8, 4) is 5.82 Å². The Labute approximate surface area is 88.7 Å². The Morgan fingerprint density at radius 2 is 2.13 bits per heavy atom. The van der Waals surface area contributed by atoms with Crippen LogP contribution in [0.25, 0.3) is 5.82 Å². The van der Waals surface area contributed by atoms with Gasteiger partial charge in [-0.15, -0.1) is 0 Å². The van der Waals surface area contributed by atoms with Gasteiger partial charge < -0.3 is 5.32 Å². The van der Waals surface area contributed by atoms with E-state index >= 15 is 0 Å². The maximum absolute atomic E-state index is 4.26. The first-order chi connectivity index (χ1) is 7.18. The highest BCUT2D eigenvalue weighted by Crippen LogP contribution is 2.13. The van der Waals surface area contributed by atoms with Crippen LogP contribution in [-0.2, 0) is 7.05 Å². The molecule has 0 bridgehead atoms. The van der Waals surface area contributed by atoms with Crippen LogP contribution in [-0.4, -0.2) is 25.4 Å². The van der Waals surface area contributed by atoms with Gasteiger partial charge in [0.05, 0.1) is 6.20 Å². The Kier molecular flexibility index (Phi) is 2.45. The zero-order valence-electron chi connectivity index (χ0n) is 9.18. The van der Waals surface area contributed by atoms with Crippen LogP contribution in [0.1, 0.15) is 13.8 Å². The zero-order valence-corrected chi connectivity index (χ0v) is 9.18. The van der Waals surface area contributed by atoms with E-state index in [0.29, 0.717) is 6.04 Å². The monoisotopic (exact) mass is 205 g/mol. The Hall–Kier alpha value is -1.78. The summed E-state index contributed by atoms with van der Waals surface area (Å²) in [6, 6.07) is 2.31. The van der Waals surface area contributed by atoms with E-state index in [4.69, 9.17) is 0 Å². The Morgan fingerprint density at radius 3 is 2.73 bits per heavy atom. The number of nitrogens with one attached hydrogen (secondary N) is 1. The second kappa shape index (κ2) is 3.76. The summed E-state index contributed by atoms with van der Waals surface area (Å²) < 4.78 is 3.79. The van der Waals surface area contributed by atoms with Crippen LogP contribution < -0.4 is 5.32 Å². The molecule has 0 saturated carbocycles. The molecule has 0 aliphatic heterocycles. The largest absolute Gasteiger partial charge is 0.353 e. The van der Waals surface area contributed by atoms with Crippen molar-refractivity contribution >= 4 is 5.95 Å². The van der Waals surface area contributed by atoms with Gasteiger partial charge in [-0.3, -0.25) is 9.25 Å². The lowest BCUT2D eigenvalue weighted by atomic mass is 10.4. The minimum atomic E-state index is 0.361. The molecule has 0 saturated heterocycles. The zero-order chi connectivity index (χ0) is 10.8. The van der Waals surface area contributed by atoms with Crippen molar-refractivity contribution in [2.24, 2.45) is 7.05 Å². The summed E-state index contributed by atoms with van der Waals surface area (Å²) in [5.74, 6) is 1.84. The van der Waals surface area contributed by atoms with Gasteiger partial charge in [0.2, 0.25) is 5.95 Å². The highest BCUT2D eigenvalue weighted by atomic mass is 15.3. The summed E-state index contributed by atoms with van der Waals surface area (Å²) in [6.45, 7) is 4.17. The molecule has 2 aromatic rings. The van der Waals surface area contributed by atoms with Crippen molar-refractivity contribution in [1.29, 1.82) is 0 Å². The highest BCUT2D eigenvalue weighted by Gasteiger charge is 2.08. The third-order valence-electron chi connectivity index (χ3n) is 2.10. The Balaban J connectivity index is 2.37.